The zero-order valence-electron chi connectivity index (χ0n) is 12.8. The molecular weight excluding hydrogens is 264 g/mol. The van der Waals surface area contributed by atoms with Crippen molar-refractivity contribution in [3.05, 3.63) is 29.8 Å². The van der Waals surface area contributed by atoms with Crippen LogP contribution in [0.2, 0.25) is 0 Å². The van der Waals surface area contributed by atoms with Gasteiger partial charge in [0.2, 0.25) is 5.91 Å². The van der Waals surface area contributed by atoms with E-state index in [0.717, 1.165) is 37.2 Å². The van der Waals surface area contributed by atoms with Crippen molar-refractivity contribution in [1.82, 2.24) is 4.90 Å². The molecule has 2 aliphatic rings. The summed E-state index contributed by atoms with van der Waals surface area (Å²) in [5.41, 5.74) is 2.25. The molecule has 3 unspecified atom stereocenters. The maximum Gasteiger partial charge on any atom is 0.230 e. The molecule has 0 aromatic heterocycles. The summed E-state index contributed by atoms with van der Waals surface area (Å²) in [5.74, 6) is 0.241. The van der Waals surface area contributed by atoms with Gasteiger partial charge < -0.3 is 15.0 Å². The predicted molar refractivity (Wildman–Crippen MR) is 83.5 cm³/mol. The first-order chi connectivity index (χ1) is 10.2. The fraction of sp³-hybridized carbons (Fsp3) is 0.588. The van der Waals surface area contributed by atoms with Gasteiger partial charge in [0.1, 0.15) is 0 Å². The number of nitrogens with zero attached hydrogens (tertiary/aromatic N) is 1. The topological polar surface area (TPSA) is 41.6 Å². The molecule has 1 fully saturated rings. The summed E-state index contributed by atoms with van der Waals surface area (Å²) in [6, 6.07) is 8.52. The Hall–Kier alpha value is -1.55. The Morgan fingerprint density at radius 1 is 1.43 bits per heavy atom. The molecule has 1 aromatic carbocycles. The number of fused-ring (bicyclic) bond motifs is 1. The molecule has 1 saturated heterocycles. The number of anilines is 1. The monoisotopic (exact) mass is 288 g/mol. The highest BCUT2D eigenvalue weighted by molar-refractivity contribution is 5.86. The summed E-state index contributed by atoms with van der Waals surface area (Å²) < 4.78 is 5.68. The average Bonchev–Trinajstić information content (AvgIpc) is 2.53. The first kappa shape index (κ1) is 14.4. The predicted octanol–water partition coefficient (Wildman–Crippen LogP) is 2.61. The van der Waals surface area contributed by atoms with Gasteiger partial charge in [0, 0.05) is 24.8 Å². The van der Waals surface area contributed by atoms with Crippen LogP contribution in [-0.4, -0.2) is 42.6 Å². The molecule has 21 heavy (non-hydrogen) atoms. The van der Waals surface area contributed by atoms with Crippen molar-refractivity contribution in [2.45, 2.75) is 44.8 Å². The van der Waals surface area contributed by atoms with Gasteiger partial charge in [-0.15, -0.1) is 0 Å². The number of ether oxygens (including phenoxy) is 1. The van der Waals surface area contributed by atoms with Crippen LogP contribution in [0.5, 0.6) is 0 Å². The van der Waals surface area contributed by atoms with Gasteiger partial charge in [-0.1, -0.05) is 25.1 Å². The van der Waals surface area contributed by atoms with Gasteiger partial charge in [0.05, 0.1) is 18.6 Å². The second-order valence-corrected chi connectivity index (χ2v) is 6.11. The zero-order chi connectivity index (χ0) is 14.8. The highest BCUT2D eigenvalue weighted by Gasteiger charge is 2.34. The van der Waals surface area contributed by atoms with E-state index in [2.05, 4.69) is 31.3 Å². The third-order valence-corrected chi connectivity index (χ3v) is 4.53. The quantitative estimate of drug-likeness (QED) is 0.909. The lowest BCUT2D eigenvalue weighted by atomic mass is 9.86. The number of carbonyl (C=O) groups excluding carboxylic acids is 1. The second-order valence-electron chi connectivity index (χ2n) is 6.11. The number of nitrogens with one attached hydrogen (secondary N) is 1. The van der Waals surface area contributed by atoms with Gasteiger partial charge in [-0.2, -0.15) is 0 Å². The second kappa shape index (κ2) is 6.06. The van der Waals surface area contributed by atoms with Crippen LogP contribution in [0.4, 0.5) is 5.69 Å². The molecule has 1 N–H and O–H groups in total. The van der Waals surface area contributed by atoms with Gasteiger partial charge in [0.15, 0.2) is 0 Å². The van der Waals surface area contributed by atoms with E-state index in [1.165, 1.54) is 0 Å². The van der Waals surface area contributed by atoms with Crippen LogP contribution in [-0.2, 0) is 9.53 Å². The Bertz CT molecular complexity index is 517. The number of carbonyl (C=O) groups is 1. The summed E-state index contributed by atoms with van der Waals surface area (Å²) in [6.07, 6.45) is 2.02. The normalized spacial score (nSPS) is 28.7. The van der Waals surface area contributed by atoms with E-state index in [1.54, 1.807) is 0 Å². The highest BCUT2D eigenvalue weighted by Crippen LogP contribution is 2.35. The minimum absolute atomic E-state index is 0.0203. The van der Waals surface area contributed by atoms with E-state index in [4.69, 9.17) is 4.74 Å². The van der Waals surface area contributed by atoms with E-state index < -0.39 is 0 Å². The first-order valence-electron chi connectivity index (χ1n) is 7.95. The van der Waals surface area contributed by atoms with Crippen molar-refractivity contribution >= 4 is 11.6 Å². The van der Waals surface area contributed by atoms with Crippen LogP contribution >= 0.6 is 0 Å². The van der Waals surface area contributed by atoms with E-state index >= 15 is 0 Å². The third kappa shape index (κ3) is 2.91. The molecule has 4 nitrogen and oxygen atoms in total. The minimum Gasteiger partial charge on any atom is -0.382 e. The number of hydrogen-bond donors (Lipinski definition) is 1. The molecule has 4 heteroatoms. The molecule has 0 bridgehead atoms. The third-order valence-electron chi connectivity index (χ3n) is 4.53. The lowest BCUT2D eigenvalue weighted by molar-refractivity contribution is -0.140. The lowest BCUT2D eigenvalue weighted by Crippen LogP contribution is -2.48. The Morgan fingerprint density at radius 2 is 2.24 bits per heavy atom. The summed E-state index contributed by atoms with van der Waals surface area (Å²) in [5, 5.41) is 3.47. The first-order valence-corrected chi connectivity index (χ1v) is 7.95. The molecule has 3 atom stereocenters. The maximum atomic E-state index is 13.0. The molecule has 0 aliphatic carbocycles. The highest BCUT2D eigenvalue weighted by atomic mass is 16.5. The summed E-state index contributed by atoms with van der Waals surface area (Å²) >= 11 is 0. The number of rotatable bonds is 2. The lowest BCUT2D eigenvalue weighted by Gasteiger charge is -2.37. The zero-order valence-corrected chi connectivity index (χ0v) is 12.8. The van der Waals surface area contributed by atoms with Crippen LogP contribution in [0.15, 0.2) is 24.3 Å². The van der Waals surface area contributed by atoms with Crippen molar-refractivity contribution in [2.24, 2.45) is 0 Å². The van der Waals surface area contributed by atoms with Gasteiger partial charge in [-0.05, 0) is 31.4 Å². The van der Waals surface area contributed by atoms with Crippen LogP contribution in [0.25, 0.3) is 0 Å². The molecule has 2 aliphatic heterocycles. The fourth-order valence-electron chi connectivity index (χ4n) is 3.36. The Labute approximate surface area is 126 Å². The molecule has 0 radical (unpaired) electrons. The minimum atomic E-state index is -0.0203. The van der Waals surface area contributed by atoms with Gasteiger partial charge in [0.25, 0.3) is 0 Å². The van der Waals surface area contributed by atoms with Crippen LogP contribution in [0, 0.1) is 0 Å². The van der Waals surface area contributed by atoms with Crippen molar-refractivity contribution in [3.63, 3.8) is 0 Å². The number of para-hydroxylation sites is 1. The SMILES string of the molecule is CCC1CN(C(=O)C2CC(C)Nc3ccccc32)CCO1. The van der Waals surface area contributed by atoms with Crippen molar-refractivity contribution in [2.75, 3.05) is 25.0 Å². The molecule has 0 saturated carbocycles. The largest absolute Gasteiger partial charge is 0.382 e. The maximum absolute atomic E-state index is 13.0. The van der Waals surface area contributed by atoms with E-state index in [9.17, 15) is 4.79 Å². The smallest absolute Gasteiger partial charge is 0.230 e. The van der Waals surface area contributed by atoms with Crippen LogP contribution in [0.3, 0.4) is 0 Å². The average molecular weight is 288 g/mol. The number of morpholine rings is 1. The van der Waals surface area contributed by atoms with Crippen molar-refractivity contribution in [3.8, 4) is 0 Å². The molecule has 114 valence electrons. The van der Waals surface area contributed by atoms with Gasteiger partial charge in [-0.25, -0.2) is 0 Å². The van der Waals surface area contributed by atoms with Gasteiger partial charge in [-0.3, -0.25) is 4.79 Å². The van der Waals surface area contributed by atoms with E-state index in [-0.39, 0.29) is 17.9 Å². The van der Waals surface area contributed by atoms with Crippen molar-refractivity contribution < 1.29 is 9.53 Å². The van der Waals surface area contributed by atoms with E-state index in [0.29, 0.717) is 12.6 Å². The molecular formula is C17H24N2O2. The van der Waals surface area contributed by atoms with Crippen LogP contribution in [0.1, 0.15) is 38.2 Å². The van der Waals surface area contributed by atoms with Gasteiger partial charge >= 0.3 is 0 Å². The Balaban J connectivity index is 1.81. The summed E-state index contributed by atoms with van der Waals surface area (Å²) in [7, 11) is 0. The molecule has 3 rings (SSSR count). The summed E-state index contributed by atoms with van der Waals surface area (Å²) in [4.78, 5) is 15.0. The van der Waals surface area contributed by atoms with Crippen molar-refractivity contribution in [1.29, 1.82) is 0 Å². The molecule has 1 amide bonds. The Kier molecular flexibility index (Phi) is 4.15. The number of hydrogen-bond acceptors (Lipinski definition) is 3. The van der Waals surface area contributed by atoms with E-state index in [1.807, 2.05) is 17.0 Å². The number of amides is 1. The number of benzene rings is 1. The summed E-state index contributed by atoms with van der Waals surface area (Å²) in [6.45, 7) is 6.36. The van der Waals surface area contributed by atoms with Crippen LogP contribution < -0.4 is 5.32 Å². The molecule has 1 aromatic rings. The Morgan fingerprint density at radius 3 is 3.05 bits per heavy atom. The molecule has 0 spiro atoms. The molecule has 2 heterocycles. The fourth-order valence-corrected chi connectivity index (χ4v) is 3.36. The standard InChI is InChI=1S/C17H24N2O2/c1-3-13-11-19(8-9-21-13)17(20)15-10-12(2)18-16-7-5-4-6-14(15)16/h4-7,12-13,15,18H,3,8-11H2,1-2H3.